The maximum Gasteiger partial charge on any atom is 0.236 e. The van der Waals surface area contributed by atoms with Crippen LogP contribution in [-0.2, 0) is 16.0 Å². The van der Waals surface area contributed by atoms with E-state index < -0.39 is 0 Å². The molecule has 1 amide bonds. The molecule has 1 aliphatic rings. The second-order valence-corrected chi connectivity index (χ2v) is 6.36. The van der Waals surface area contributed by atoms with Crippen LogP contribution in [0.4, 0.5) is 0 Å². The van der Waals surface area contributed by atoms with Crippen LogP contribution in [-0.4, -0.2) is 67.2 Å². The lowest BCUT2D eigenvalue weighted by Gasteiger charge is -2.36. The van der Waals surface area contributed by atoms with Crippen molar-refractivity contribution < 1.29 is 9.53 Å². The average Bonchev–Trinajstić information content (AvgIpc) is 2.53. The lowest BCUT2D eigenvalue weighted by Crippen LogP contribution is -2.51. The Morgan fingerprint density at radius 2 is 1.87 bits per heavy atom. The first kappa shape index (κ1) is 17.9. The third kappa shape index (κ3) is 5.94. The second kappa shape index (κ2) is 9.01. The zero-order chi connectivity index (χ0) is 16.7. The molecule has 1 heterocycles. The molecule has 1 saturated heterocycles. The number of rotatable bonds is 7. The number of amides is 1. The van der Waals surface area contributed by atoms with Gasteiger partial charge in [0.15, 0.2) is 0 Å². The van der Waals surface area contributed by atoms with Gasteiger partial charge in [-0.05, 0) is 25.8 Å². The van der Waals surface area contributed by atoms with Gasteiger partial charge in [-0.15, -0.1) is 0 Å². The predicted octanol–water partition coefficient (Wildman–Crippen LogP) is 1.13. The van der Waals surface area contributed by atoms with Gasteiger partial charge in [0.2, 0.25) is 5.91 Å². The Labute approximate surface area is 139 Å². The molecule has 2 unspecified atom stereocenters. The van der Waals surface area contributed by atoms with E-state index in [1.54, 1.807) is 0 Å². The van der Waals surface area contributed by atoms with Crippen LogP contribution in [0.2, 0.25) is 0 Å². The van der Waals surface area contributed by atoms with Crippen LogP contribution in [0, 0.1) is 0 Å². The largest absolute Gasteiger partial charge is 0.372 e. The molecule has 0 spiro atoms. The molecule has 5 heteroatoms. The molecule has 0 radical (unpaired) electrons. The van der Waals surface area contributed by atoms with Gasteiger partial charge in [-0.1, -0.05) is 30.3 Å². The molecule has 2 N–H and O–H groups in total. The van der Waals surface area contributed by atoms with Crippen molar-refractivity contribution in [2.45, 2.75) is 32.5 Å². The fraction of sp³-hybridized carbons (Fsp3) is 0.611. The van der Waals surface area contributed by atoms with E-state index in [-0.39, 0.29) is 18.1 Å². The maximum atomic E-state index is 12.6. The summed E-state index contributed by atoms with van der Waals surface area (Å²) in [6, 6.07) is 10.3. The Balaban J connectivity index is 1.86. The molecular formula is C18H29N3O2. The summed E-state index contributed by atoms with van der Waals surface area (Å²) in [5.74, 6) is 0.175. The normalized spacial score (nSPS) is 21.7. The Morgan fingerprint density at radius 1 is 1.22 bits per heavy atom. The van der Waals surface area contributed by atoms with Gasteiger partial charge in [-0.25, -0.2) is 0 Å². The molecule has 0 bridgehead atoms. The molecule has 2 atom stereocenters. The first-order chi connectivity index (χ1) is 11.1. The van der Waals surface area contributed by atoms with Crippen molar-refractivity contribution in [3.63, 3.8) is 0 Å². The molecule has 1 aliphatic heterocycles. The molecular weight excluding hydrogens is 290 g/mol. The third-order valence-electron chi connectivity index (χ3n) is 4.14. The number of nitrogens with two attached hydrogens (primary N) is 1. The van der Waals surface area contributed by atoms with E-state index in [0.29, 0.717) is 26.2 Å². The van der Waals surface area contributed by atoms with Crippen molar-refractivity contribution in [1.29, 1.82) is 0 Å². The highest BCUT2D eigenvalue weighted by Gasteiger charge is 2.26. The van der Waals surface area contributed by atoms with Crippen molar-refractivity contribution in [2.75, 3.05) is 39.3 Å². The summed E-state index contributed by atoms with van der Waals surface area (Å²) < 4.78 is 5.70. The fourth-order valence-electron chi connectivity index (χ4n) is 3.06. The SMILES string of the molecule is CC1CN(C(=O)CN(CCN)CCc2ccccc2)CC(C)O1. The van der Waals surface area contributed by atoms with Crippen LogP contribution in [0.1, 0.15) is 19.4 Å². The van der Waals surface area contributed by atoms with Crippen molar-refractivity contribution in [3.05, 3.63) is 35.9 Å². The summed E-state index contributed by atoms with van der Waals surface area (Å²) in [4.78, 5) is 16.6. The molecule has 1 aromatic carbocycles. The first-order valence-corrected chi connectivity index (χ1v) is 8.48. The van der Waals surface area contributed by atoms with Crippen LogP contribution < -0.4 is 5.73 Å². The highest BCUT2D eigenvalue weighted by atomic mass is 16.5. The van der Waals surface area contributed by atoms with Gasteiger partial charge < -0.3 is 15.4 Å². The summed E-state index contributed by atoms with van der Waals surface area (Å²) in [5, 5.41) is 0. The smallest absolute Gasteiger partial charge is 0.236 e. The van der Waals surface area contributed by atoms with E-state index in [4.69, 9.17) is 10.5 Å². The minimum Gasteiger partial charge on any atom is -0.372 e. The molecule has 1 aromatic rings. The highest BCUT2D eigenvalue weighted by molar-refractivity contribution is 5.78. The molecule has 23 heavy (non-hydrogen) atoms. The van der Waals surface area contributed by atoms with Crippen molar-refractivity contribution in [1.82, 2.24) is 9.80 Å². The van der Waals surface area contributed by atoms with Gasteiger partial charge >= 0.3 is 0 Å². The van der Waals surface area contributed by atoms with Gasteiger partial charge in [-0.2, -0.15) is 0 Å². The Hall–Kier alpha value is -1.43. The summed E-state index contributed by atoms with van der Waals surface area (Å²) >= 11 is 0. The van der Waals surface area contributed by atoms with Crippen molar-refractivity contribution in [3.8, 4) is 0 Å². The topological polar surface area (TPSA) is 58.8 Å². The monoisotopic (exact) mass is 319 g/mol. The summed E-state index contributed by atoms with van der Waals surface area (Å²) in [7, 11) is 0. The van der Waals surface area contributed by atoms with Crippen LogP contribution in [0.15, 0.2) is 30.3 Å². The van der Waals surface area contributed by atoms with E-state index in [9.17, 15) is 4.79 Å². The van der Waals surface area contributed by atoms with E-state index in [1.807, 2.05) is 36.9 Å². The van der Waals surface area contributed by atoms with Crippen LogP contribution in [0.3, 0.4) is 0 Å². The fourth-order valence-corrected chi connectivity index (χ4v) is 3.06. The van der Waals surface area contributed by atoms with Crippen LogP contribution in [0.25, 0.3) is 0 Å². The quantitative estimate of drug-likeness (QED) is 0.818. The molecule has 5 nitrogen and oxygen atoms in total. The Bertz CT molecular complexity index is 470. The molecule has 0 saturated carbocycles. The number of hydrogen-bond acceptors (Lipinski definition) is 4. The van der Waals surface area contributed by atoms with E-state index in [0.717, 1.165) is 19.5 Å². The number of benzene rings is 1. The first-order valence-electron chi connectivity index (χ1n) is 8.48. The number of hydrogen-bond donors (Lipinski definition) is 1. The lowest BCUT2D eigenvalue weighted by atomic mass is 10.1. The molecule has 1 fully saturated rings. The molecule has 128 valence electrons. The molecule has 0 aliphatic carbocycles. The highest BCUT2D eigenvalue weighted by Crippen LogP contribution is 2.11. The Kier molecular flexibility index (Phi) is 7.02. The minimum absolute atomic E-state index is 0.106. The van der Waals surface area contributed by atoms with Crippen molar-refractivity contribution in [2.24, 2.45) is 5.73 Å². The predicted molar refractivity (Wildman–Crippen MR) is 92.2 cm³/mol. The van der Waals surface area contributed by atoms with Gasteiger partial charge in [0, 0.05) is 32.7 Å². The van der Waals surface area contributed by atoms with E-state index >= 15 is 0 Å². The minimum atomic E-state index is 0.106. The van der Waals surface area contributed by atoms with E-state index in [1.165, 1.54) is 5.56 Å². The van der Waals surface area contributed by atoms with Gasteiger partial charge in [-0.3, -0.25) is 9.69 Å². The van der Waals surface area contributed by atoms with Gasteiger partial charge in [0.1, 0.15) is 0 Å². The number of nitrogens with zero attached hydrogens (tertiary/aromatic N) is 2. The van der Waals surface area contributed by atoms with Crippen LogP contribution in [0.5, 0.6) is 0 Å². The number of carbonyl (C=O) groups excluding carboxylic acids is 1. The lowest BCUT2D eigenvalue weighted by molar-refractivity contribution is -0.144. The summed E-state index contributed by atoms with van der Waals surface area (Å²) in [6.07, 6.45) is 1.15. The van der Waals surface area contributed by atoms with Gasteiger partial charge in [0.25, 0.3) is 0 Å². The molecule has 2 rings (SSSR count). The number of morpholine rings is 1. The van der Waals surface area contributed by atoms with Gasteiger partial charge in [0.05, 0.1) is 18.8 Å². The average molecular weight is 319 g/mol. The zero-order valence-electron chi connectivity index (χ0n) is 14.3. The van der Waals surface area contributed by atoms with E-state index in [2.05, 4.69) is 17.0 Å². The summed E-state index contributed by atoms with van der Waals surface area (Å²) in [6.45, 7) is 7.99. The molecule has 0 aromatic heterocycles. The maximum absolute atomic E-state index is 12.6. The second-order valence-electron chi connectivity index (χ2n) is 6.36. The Morgan fingerprint density at radius 3 is 2.48 bits per heavy atom. The third-order valence-corrected chi connectivity index (χ3v) is 4.14. The van der Waals surface area contributed by atoms with Crippen LogP contribution >= 0.6 is 0 Å². The standard InChI is InChI=1S/C18H29N3O2/c1-15-12-21(13-16(2)23-15)18(22)14-20(11-9-19)10-8-17-6-4-3-5-7-17/h3-7,15-16H,8-14,19H2,1-2H3. The zero-order valence-corrected chi connectivity index (χ0v) is 14.3. The number of carbonyl (C=O) groups is 1. The van der Waals surface area contributed by atoms with Crippen molar-refractivity contribution >= 4 is 5.91 Å². The number of ether oxygens (including phenoxy) is 1. The summed E-state index contributed by atoms with van der Waals surface area (Å²) in [5.41, 5.74) is 7.00.